The first-order chi connectivity index (χ1) is 26.2. The van der Waals surface area contributed by atoms with E-state index in [4.69, 9.17) is 4.42 Å². The van der Waals surface area contributed by atoms with Gasteiger partial charge in [0.25, 0.3) is 0 Å². The topological polar surface area (TPSA) is 34.6 Å². The third-order valence-electron chi connectivity index (χ3n) is 11.1. The van der Waals surface area contributed by atoms with Gasteiger partial charge in [0.2, 0.25) is 5.43 Å². The van der Waals surface area contributed by atoms with E-state index < -0.39 is 0 Å². The Kier molecular flexibility index (Phi) is 5.86. The molecular formula is C49H27NO2S. The summed E-state index contributed by atoms with van der Waals surface area (Å²) >= 11 is 1.84. The van der Waals surface area contributed by atoms with Gasteiger partial charge in [0, 0.05) is 31.3 Å². The van der Waals surface area contributed by atoms with Gasteiger partial charge in [-0.1, -0.05) is 127 Å². The van der Waals surface area contributed by atoms with Gasteiger partial charge in [0.1, 0.15) is 11.2 Å². The molecule has 8 aromatic carbocycles. The number of aromatic nitrogens is 1. The summed E-state index contributed by atoms with van der Waals surface area (Å²) in [6, 6.07) is 57.4. The van der Waals surface area contributed by atoms with Gasteiger partial charge in [-0.25, -0.2) is 0 Å². The van der Waals surface area contributed by atoms with Crippen molar-refractivity contribution in [3.8, 4) is 44.5 Å². The van der Waals surface area contributed by atoms with Crippen molar-refractivity contribution in [1.29, 1.82) is 0 Å². The largest absolute Gasteiger partial charge is 0.456 e. The maximum atomic E-state index is 14.2. The van der Waals surface area contributed by atoms with Crippen molar-refractivity contribution in [2.24, 2.45) is 0 Å². The summed E-state index contributed by atoms with van der Waals surface area (Å²) in [4.78, 5) is 16.7. The summed E-state index contributed by atoms with van der Waals surface area (Å²) in [5, 5.41) is 6.27. The van der Waals surface area contributed by atoms with Gasteiger partial charge in [-0.05, 0) is 93.0 Å². The summed E-state index contributed by atoms with van der Waals surface area (Å²) in [7, 11) is 0. The molecule has 1 aliphatic heterocycles. The molecule has 0 spiro atoms. The van der Waals surface area contributed by atoms with Gasteiger partial charge in [-0.2, -0.15) is 0 Å². The van der Waals surface area contributed by atoms with Crippen LogP contribution in [0, 0.1) is 0 Å². The first-order valence-electron chi connectivity index (χ1n) is 17.9. The Morgan fingerprint density at radius 3 is 1.87 bits per heavy atom. The molecule has 3 nitrogen and oxygen atoms in total. The van der Waals surface area contributed by atoms with E-state index >= 15 is 0 Å². The molecule has 0 N–H and O–H groups in total. The average molecular weight is 694 g/mol. The fourth-order valence-corrected chi connectivity index (χ4v) is 9.84. The molecule has 12 rings (SSSR count). The highest BCUT2D eigenvalue weighted by Gasteiger charge is 2.26. The highest BCUT2D eigenvalue weighted by atomic mass is 32.2. The number of benzene rings is 8. The standard InChI is InChI=1S/C49H27NO2S/c51-49-38-21-18-32(39-23-30(28-9-3-1-4-10-28)17-20-34(39)29-11-5-2-6-12-29)26-43(38)52-42-22-19-31(24-41(42)49)33-25-40-37-14-7-13-35-36-15-8-16-44-47(36)50(46(35)37)48(40)45(27-33)53-44/h1-27H. The summed E-state index contributed by atoms with van der Waals surface area (Å²) < 4.78 is 9.03. The maximum absolute atomic E-state index is 14.2. The Morgan fingerprint density at radius 1 is 0.377 bits per heavy atom. The molecule has 3 aromatic heterocycles. The fourth-order valence-electron chi connectivity index (χ4n) is 8.68. The van der Waals surface area contributed by atoms with Crippen LogP contribution in [0.5, 0.6) is 0 Å². The molecule has 0 fully saturated rings. The Balaban J connectivity index is 1.01. The van der Waals surface area contributed by atoms with E-state index in [-0.39, 0.29) is 5.43 Å². The highest BCUT2D eigenvalue weighted by Crippen LogP contribution is 2.51. The molecule has 0 radical (unpaired) electrons. The molecule has 246 valence electrons. The SMILES string of the molecule is O=c1c2ccc(-c3cc(-c4ccccc4)ccc3-c3ccccc3)cc2oc2ccc(-c3cc4c5c(c3)c3cccc6c7cccc(c7n5c63)S4)cc12. The van der Waals surface area contributed by atoms with Crippen LogP contribution in [0.25, 0.3) is 105 Å². The molecule has 0 atom stereocenters. The van der Waals surface area contributed by atoms with Crippen LogP contribution in [0.3, 0.4) is 0 Å². The van der Waals surface area contributed by atoms with Crippen LogP contribution in [0.4, 0.5) is 0 Å². The molecule has 0 unspecified atom stereocenters. The molecule has 0 saturated carbocycles. The molecule has 53 heavy (non-hydrogen) atoms. The van der Waals surface area contributed by atoms with Crippen molar-refractivity contribution >= 4 is 71.8 Å². The number of hydrogen-bond acceptors (Lipinski definition) is 3. The normalized spacial score (nSPS) is 12.5. The van der Waals surface area contributed by atoms with Crippen molar-refractivity contribution in [1.82, 2.24) is 4.40 Å². The van der Waals surface area contributed by atoms with Crippen LogP contribution in [0.1, 0.15) is 0 Å². The van der Waals surface area contributed by atoms with Crippen LogP contribution < -0.4 is 5.43 Å². The second-order valence-electron chi connectivity index (χ2n) is 14.0. The number of hydrogen-bond donors (Lipinski definition) is 0. The Labute approximate surface area is 307 Å². The van der Waals surface area contributed by atoms with Gasteiger partial charge in [0.05, 0.1) is 27.3 Å². The zero-order valence-electron chi connectivity index (χ0n) is 28.3. The molecule has 1 aliphatic rings. The molecule has 11 aromatic rings. The summed E-state index contributed by atoms with van der Waals surface area (Å²) in [6.45, 7) is 0. The Morgan fingerprint density at radius 2 is 1.04 bits per heavy atom. The lowest BCUT2D eigenvalue weighted by molar-refractivity contribution is 0.660. The lowest BCUT2D eigenvalue weighted by atomic mass is 9.90. The zero-order valence-corrected chi connectivity index (χ0v) is 29.1. The third kappa shape index (κ3) is 4.10. The third-order valence-corrected chi connectivity index (χ3v) is 12.2. The fraction of sp³-hybridized carbons (Fsp3) is 0. The lowest BCUT2D eigenvalue weighted by Crippen LogP contribution is -2.02. The van der Waals surface area contributed by atoms with Crippen LogP contribution in [-0.4, -0.2) is 4.40 Å². The van der Waals surface area contributed by atoms with E-state index in [2.05, 4.69) is 132 Å². The van der Waals surface area contributed by atoms with Crippen molar-refractivity contribution in [2.45, 2.75) is 9.79 Å². The number of rotatable bonds is 4. The van der Waals surface area contributed by atoms with Gasteiger partial charge in [0.15, 0.2) is 0 Å². The van der Waals surface area contributed by atoms with Crippen molar-refractivity contribution in [3.63, 3.8) is 0 Å². The summed E-state index contributed by atoms with van der Waals surface area (Å²) in [5.74, 6) is 0. The van der Waals surface area contributed by atoms with E-state index in [0.29, 0.717) is 21.9 Å². The number of para-hydroxylation sites is 2. The van der Waals surface area contributed by atoms with Crippen LogP contribution in [-0.2, 0) is 0 Å². The minimum absolute atomic E-state index is 0.0233. The van der Waals surface area contributed by atoms with Crippen LogP contribution >= 0.6 is 11.8 Å². The molecule has 0 bridgehead atoms. The predicted octanol–water partition coefficient (Wildman–Crippen LogP) is 13.2. The zero-order chi connectivity index (χ0) is 34.8. The highest BCUT2D eigenvalue weighted by molar-refractivity contribution is 7.99. The average Bonchev–Trinajstić information content (AvgIpc) is 3.74. The van der Waals surface area contributed by atoms with Gasteiger partial charge in [-0.15, -0.1) is 0 Å². The van der Waals surface area contributed by atoms with Gasteiger partial charge >= 0.3 is 0 Å². The van der Waals surface area contributed by atoms with E-state index in [0.717, 1.165) is 44.5 Å². The molecule has 0 amide bonds. The molecular weight excluding hydrogens is 667 g/mol. The monoisotopic (exact) mass is 693 g/mol. The molecule has 0 saturated heterocycles. The maximum Gasteiger partial charge on any atom is 0.200 e. The minimum Gasteiger partial charge on any atom is -0.456 e. The molecule has 0 aliphatic carbocycles. The van der Waals surface area contributed by atoms with Crippen LogP contribution in [0.2, 0.25) is 0 Å². The molecule has 4 heterocycles. The second kappa shape index (κ2) is 10.7. The summed E-state index contributed by atoms with van der Waals surface area (Å²) in [5.41, 5.74) is 13.7. The smallest absolute Gasteiger partial charge is 0.200 e. The predicted molar refractivity (Wildman–Crippen MR) is 221 cm³/mol. The van der Waals surface area contributed by atoms with Crippen molar-refractivity contribution in [3.05, 3.63) is 174 Å². The van der Waals surface area contributed by atoms with Crippen molar-refractivity contribution < 1.29 is 4.42 Å². The van der Waals surface area contributed by atoms with Crippen LogP contribution in [0.15, 0.2) is 183 Å². The first-order valence-corrected chi connectivity index (χ1v) is 18.7. The van der Waals surface area contributed by atoms with Gasteiger partial charge < -0.3 is 8.82 Å². The summed E-state index contributed by atoms with van der Waals surface area (Å²) in [6.07, 6.45) is 0. The van der Waals surface area contributed by atoms with E-state index in [1.165, 1.54) is 47.9 Å². The first kappa shape index (κ1) is 29.0. The van der Waals surface area contributed by atoms with E-state index in [9.17, 15) is 4.79 Å². The number of fused-ring (bicyclic) bond motifs is 4. The molecule has 4 heteroatoms. The Bertz CT molecular complexity index is 3380. The van der Waals surface area contributed by atoms with Crippen molar-refractivity contribution in [2.75, 3.05) is 0 Å². The minimum atomic E-state index is -0.0233. The van der Waals surface area contributed by atoms with E-state index in [1.807, 2.05) is 48.2 Å². The van der Waals surface area contributed by atoms with Gasteiger partial charge in [-0.3, -0.25) is 4.79 Å². The van der Waals surface area contributed by atoms with E-state index in [1.54, 1.807) is 0 Å². The lowest BCUT2D eigenvalue weighted by Gasteiger charge is -2.15. The Hall–Kier alpha value is -6.62. The second-order valence-corrected chi connectivity index (χ2v) is 15.1. The quantitative estimate of drug-likeness (QED) is 0.172. The number of nitrogens with zero attached hydrogens (tertiary/aromatic N) is 1.